The molecule has 1 aromatic rings. The average molecular weight is 205 g/mol. The van der Waals surface area contributed by atoms with E-state index in [0.717, 1.165) is 5.69 Å². The van der Waals surface area contributed by atoms with Crippen LogP contribution in [0.3, 0.4) is 0 Å². The van der Waals surface area contributed by atoms with Crippen LogP contribution in [0.15, 0.2) is 24.3 Å². The van der Waals surface area contributed by atoms with Crippen LogP contribution in [0.25, 0.3) is 0 Å². The van der Waals surface area contributed by atoms with Crippen molar-refractivity contribution in [3.8, 4) is 0 Å². The summed E-state index contributed by atoms with van der Waals surface area (Å²) in [7, 11) is 0. The van der Waals surface area contributed by atoms with Crippen LogP contribution >= 0.6 is 0 Å². The van der Waals surface area contributed by atoms with Gasteiger partial charge in [0.2, 0.25) is 0 Å². The molecule has 1 aliphatic rings. The Morgan fingerprint density at radius 3 is 2.73 bits per heavy atom. The predicted octanol–water partition coefficient (Wildman–Crippen LogP) is 2.74. The van der Waals surface area contributed by atoms with Gasteiger partial charge in [-0.05, 0) is 31.0 Å². The van der Waals surface area contributed by atoms with Gasteiger partial charge in [-0.2, -0.15) is 0 Å². The number of hydrogen-bond acceptors (Lipinski definition) is 2. The first-order valence-electron chi connectivity index (χ1n) is 5.35. The molecular formula is C12H15NO2. The number of carbonyl (C=O) groups is 1. The summed E-state index contributed by atoms with van der Waals surface area (Å²) in [5, 5.41) is 12.2. The summed E-state index contributed by atoms with van der Waals surface area (Å²) in [4.78, 5) is 10.8. The van der Waals surface area contributed by atoms with Gasteiger partial charge in [-0.25, -0.2) is 4.79 Å². The lowest BCUT2D eigenvalue weighted by molar-refractivity contribution is 0.0697. The first kappa shape index (κ1) is 10.0. The van der Waals surface area contributed by atoms with Gasteiger partial charge in [0.25, 0.3) is 0 Å². The van der Waals surface area contributed by atoms with Crippen molar-refractivity contribution in [3.63, 3.8) is 0 Å². The normalized spacial score (nSPS) is 16.5. The smallest absolute Gasteiger partial charge is 0.335 e. The molecule has 0 atom stereocenters. The first-order valence-corrected chi connectivity index (χ1v) is 5.35. The van der Waals surface area contributed by atoms with E-state index >= 15 is 0 Å². The van der Waals surface area contributed by atoms with E-state index in [9.17, 15) is 4.79 Å². The molecule has 0 bridgehead atoms. The van der Waals surface area contributed by atoms with Gasteiger partial charge in [0.05, 0.1) is 5.56 Å². The van der Waals surface area contributed by atoms with Crippen molar-refractivity contribution in [1.82, 2.24) is 0 Å². The van der Waals surface area contributed by atoms with Crippen LogP contribution in [0, 0.1) is 0 Å². The van der Waals surface area contributed by atoms with Crippen LogP contribution in [-0.2, 0) is 0 Å². The minimum absolute atomic E-state index is 0.345. The molecule has 0 unspecified atom stereocenters. The lowest BCUT2D eigenvalue weighted by Crippen LogP contribution is -2.14. The maximum absolute atomic E-state index is 10.8. The third-order valence-corrected chi connectivity index (χ3v) is 2.84. The van der Waals surface area contributed by atoms with E-state index in [-0.39, 0.29) is 0 Å². The molecule has 0 heterocycles. The molecule has 15 heavy (non-hydrogen) atoms. The molecule has 0 aliphatic heterocycles. The van der Waals surface area contributed by atoms with Crippen molar-refractivity contribution >= 4 is 11.7 Å². The van der Waals surface area contributed by atoms with Crippen LogP contribution < -0.4 is 5.32 Å². The molecule has 0 aromatic heterocycles. The van der Waals surface area contributed by atoms with Crippen LogP contribution in [0.2, 0.25) is 0 Å². The highest BCUT2D eigenvalue weighted by atomic mass is 16.4. The number of hydrogen-bond donors (Lipinski definition) is 2. The SMILES string of the molecule is O=C(O)c1cccc(NC2CCCC2)c1. The van der Waals surface area contributed by atoms with Crippen molar-refractivity contribution in [3.05, 3.63) is 29.8 Å². The van der Waals surface area contributed by atoms with Gasteiger partial charge < -0.3 is 10.4 Å². The van der Waals surface area contributed by atoms with E-state index in [1.807, 2.05) is 6.07 Å². The summed E-state index contributed by atoms with van der Waals surface area (Å²) in [6, 6.07) is 7.53. The lowest BCUT2D eigenvalue weighted by atomic mass is 10.2. The molecule has 1 aliphatic carbocycles. The van der Waals surface area contributed by atoms with Crippen molar-refractivity contribution in [1.29, 1.82) is 0 Å². The number of rotatable bonds is 3. The van der Waals surface area contributed by atoms with Gasteiger partial charge in [0, 0.05) is 11.7 Å². The quantitative estimate of drug-likeness (QED) is 0.797. The number of carboxylic acids is 1. The summed E-state index contributed by atoms with van der Waals surface area (Å²) in [5.74, 6) is -0.870. The molecule has 2 N–H and O–H groups in total. The molecule has 3 heteroatoms. The average Bonchev–Trinajstić information content (AvgIpc) is 2.71. The molecule has 0 amide bonds. The highest BCUT2D eigenvalue weighted by Gasteiger charge is 2.14. The minimum Gasteiger partial charge on any atom is -0.478 e. The predicted molar refractivity (Wildman–Crippen MR) is 59.3 cm³/mol. The summed E-state index contributed by atoms with van der Waals surface area (Å²) in [5.41, 5.74) is 1.26. The highest BCUT2D eigenvalue weighted by Crippen LogP contribution is 2.22. The number of carboxylic acid groups (broad SMARTS) is 1. The van der Waals surface area contributed by atoms with E-state index in [1.54, 1.807) is 18.2 Å². The fourth-order valence-corrected chi connectivity index (χ4v) is 2.05. The Balaban J connectivity index is 2.07. The Labute approximate surface area is 89.1 Å². The van der Waals surface area contributed by atoms with Gasteiger partial charge in [0.15, 0.2) is 0 Å². The molecule has 80 valence electrons. The maximum atomic E-state index is 10.8. The number of aromatic carboxylic acids is 1. The standard InChI is InChI=1S/C12H15NO2/c14-12(15)9-4-3-7-11(8-9)13-10-5-1-2-6-10/h3-4,7-8,10,13H,1-2,5-6H2,(H,14,15). The van der Waals surface area contributed by atoms with E-state index in [1.165, 1.54) is 25.7 Å². The van der Waals surface area contributed by atoms with Crippen LogP contribution in [0.4, 0.5) is 5.69 Å². The van der Waals surface area contributed by atoms with E-state index in [2.05, 4.69) is 5.32 Å². The van der Waals surface area contributed by atoms with Crippen LogP contribution in [-0.4, -0.2) is 17.1 Å². The third-order valence-electron chi connectivity index (χ3n) is 2.84. The second kappa shape index (κ2) is 4.34. The topological polar surface area (TPSA) is 49.3 Å². The molecule has 1 aromatic carbocycles. The van der Waals surface area contributed by atoms with E-state index in [4.69, 9.17) is 5.11 Å². The Hall–Kier alpha value is -1.51. The Bertz CT molecular complexity index is 356. The zero-order valence-electron chi connectivity index (χ0n) is 8.57. The summed E-state index contributed by atoms with van der Waals surface area (Å²) in [6.07, 6.45) is 4.93. The number of benzene rings is 1. The first-order chi connectivity index (χ1) is 7.25. The van der Waals surface area contributed by atoms with Crippen molar-refractivity contribution < 1.29 is 9.90 Å². The van der Waals surface area contributed by atoms with Gasteiger partial charge in [0.1, 0.15) is 0 Å². The Morgan fingerprint density at radius 2 is 2.07 bits per heavy atom. The number of nitrogens with one attached hydrogen (secondary N) is 1. The summed E-state index contributed by atoms with van der Waals surface area (Å²) < 4.78 is 0. The second-order valence-electron chi connectivity index (χ2n) is 4.01. The molecule has 0 saturated heterocycles. The molecule has 1 fully saturated rings. The van der Waals surface area contributed by atoms with E-state index < -0.39 is 5.97 Å². The molecular weight excluding hydrogens is 190 g/mol. The maximum Gasteiger partial charge on any atom is 0.335 e. The molecule has 1 saturated carbocycles. The number of anilines is 1. The Kier molecular flexibility index (Phi) is 2.90. The Morgan fingerprint density at radius 1 is 1.33 bits per heavy atom. The summed E-state index contributed by atoms with van der Waals surface area (Å²) in [6.45, 7) is 0. The zero-order chi connectivity index (χ0) is 10.7. The summed E-state index contributed by atoms with van der Waals surface area (Å²) >= 11 is 0. The highest BCUT2D eigenvalue weighted by molar-refractivity contribution is 5.88. The molecule has 0 radical (unpaired) electrons. The van der Waals surface area contributed by atoms with Crippen molar-refractivity contribution in [2.75, 3.05) is 5.32 Å². The van der Waals surface area contributed by atoms with E-state index in [0.29, 0.717) is 11.6 Å². The fraction of sp³-hybridized carbons (Fsp3) is 0.417. The van der Waals surface area contributed by atoms with Crippen LogP contribution in [0.1, 0.15) is 36.0 Å². The van der Waals surface area contributed by atoms with Gasteiger partial charge in [-0.3, -0.25) is 0 Å². The second-order valence-corrected chi connectivity index (χ2v) is 4.01. The van der Waals surface area contributed by atoms with Crippen molar-refractivity contribution in [2.24, 2.45) is 0 Å². The lowest BCUT2D eigenvalue weighted by Gasteiger charge is -2.13. The fourth-order valence-electron chi connectivity index (χ4n) is 2.05. The minimum atomic E-state index is -0.870. The molecule has 0 spiro atoms. The zero-order valence-corrected chi connectivity index (χ0v) is 8.57. The third kappa shape index (κ3) is 2.49. The van der Waals surface area contributed by atoms with Gasteiger partial charge >= 0.3 is 5.97 Å². The van der Waals surface area contributed by atoms with Crippen molar-refractivity contribution in [2.45, 2.75) is 31.7 Å². The van der Waals surface area contributed by atoms with Crippen LogP contribution in [0.5, 0.6) is 0 Å². The van der Waals surface area contributed by atoms with Gasteiger partial charge in [-0.15, -0.1) is 0 Å². The largest absolute Gasteiger partial charge is 0.478 e. The van der Waals surface area contributed by atoms with Gasteiger partial charge in [-0.1, -0.05) is 18.9 Å². The molecule has 2 rings (SSSR count). The monoisotopic (exact) mass is 205 g/mol. The molecule has 3 nitrogen and oxygen atoms in total.